The summed E-state index contributed by atoms with van der Waals surface area (Å²) in [4.78, 5) is 22.0. The summed E-state index contributed by atoms with van der Waals surface area (Å²) >= 11 is 3.39. The lowest BCUT2D eigenvalue weighted by atomic mass is 10.2. The maximum atomic E-state index is 11.9. The van der Waals surface area contributed by atoms with Gasteiger partial charge in [0.1, 0.15) is 0 Å². The monoisotopic (exact) mass is 403 g/mol. The lowest BCUT2D eigenvalue weighted by Gasteiger charge is -2.02. The van der Waals surface area contributed by atoms with Crippen LogP contribution in [0.4, 0.5) is 5.69 Å². The number of rotatable bonds is 5. The van der Waals surface area contributed by atoms with Gasteiger partial charge in [-0.1, -0.05) is 12.1 Å². The molecule has 1 aromatic heterocycles. The molecule has 126 valence electrons. The minimum absolute atomic E-state index is 0.105. The lowest BCUT2D eigenvalue weighted by Crippen LogP contribution is -2.05. The van der Waals surface area contributed by atoms with Crippen LogP contribution < -0.4 is 0 Å². The highest BCUT2D eigenvalue weighted by Crippen LogP contribution is 2.26. The van der Waals surface area contributed by atoms with Gasteiger partial charge in [0.15, 0.2) is 6.61 Å². The quantitative estimate of drug-likeness (QED) is 0.362. The number of benzene rings is 2. The van der Waals surface area contributed by atoms with Crippen LogP contribution in [0.1, 0.15) is 16.2 Å². The zero-order chi connectivity index (χ0) is 17.8. The smallest absolute Gasteiger partial charge is 0.338 e. The van der Waals surface area contributed by atoms with Gasteiger partial charge < -0.3 is 9.15 Å². The third-order valence-electron chi connectivity index (χ3n) is 3.21. The van der Waals surface area contributed by atoms with Gasteiger partial charge in [0.2, 0.25) is 5.89 Å². The van der Waals surface area contributed by atoms with E-state index in [2.05, 4.69) is 26.1 Å². The number of carbonyl (C=O) groups excluding carboxylic acids is 1. The van der Waals surface area contributed by atoms with Crippen LogP contribution in [0.2, 0.25) is 0 Å². The highest BCUT2D eigenvalue weighted by Gasteiger charge is 2.14. The summed E-state index contributed by atoms with van der Waals surface area (Å²) in [6, 6.07) is 12.4. The Morgan fingerprint density at radius 2 is 1.88 bits per heavy atom. The molecule has 0 unspecified atom stereocenters. The largest absolute Gasteiger partial charge is 0.452 e. The Hall–Kier alpha value is -3.07. The zero-order valence-electron chi connectivity index (χ0n) is 12.6. The molecule has 1 heterocycles. The zero-order valence-corrected chi connectivity index (χ0v) is 14.2. The van der Waals surface area contributed by atoms with Gasteiger partial charge in [0.25, 0.3) is 11.6 Å². The van der Waals surface area contributed by atoms with E-state index in [4.69, 9.17) is 9.15 Å². The molecule has 9 heteroatoms. The number of nitrogens with zero attached hydrogens (tertiary/aromatic N) is 3. The van der Waals surface area contributed by atoms with Gasteiger partial charge in [-0.2, -0.15) is 0 Å². The third-order valence-corrected chi connectivity index (χ3v) is 3.90. The Labute approximate surface area is 149 Å². The molecule has 8 nitrogen and oxygen atoms in total. The summed E-state index contributed by atoms with van der Waals surface area (Å²) < 4.78 is 11.3. The maximum absolute atomic E-state index is 11.9. The fraction of sp³-hybridized carbons (Fsp3) is 0.0625. The Morgan fingerprint density at radius 3 is 2.56 bits per heavy atom. The molecule has 0 fully saturated rings. The molecule has 0 saturated carbocycles. The van der Waals surface area contributed by atoms with E-state index < -0.39 is 10.9 Å². The molecule has 0 atom stereocenters. The van der Waals surface area contributed by atoms with E-state index in [1.165, 1.54) is 24.3 Å². The molecule has 0 aliphatic heterocycles. The number of hydrogen-bond donors (Lipinski definition) is 0. The van der Waals surface area contributed by atoms with Crippen LogP contribution in [-0.2, 0) is 11.3 Å². The first-order valence-electron chi connectivity index (χ1n) is 7.03. The normalized spacial score (nSPS) is 10.4. The van der Waals surface area contributed by atoms with E-state index in [0.29, 0.717) is 5.89 Å². The Balaban J connectivity index is 1.65. The van der Waals surface area contributed by atoms with Crippen molar-refractivity contribution in [1.29, 1.82) is 0 Å². The fourth-order valence-corrected chi connectivity index (χ4v) is 2.44. The third kappa shape index (κ3) is 3.89. The van der Waals surface area contributed by atoms with E-state index in [1.807, 2.05) is 24.3 Å². The van der Waals surface area contributed by atoms with Crippen LogP contribution in [0.3, 0.4) is 0 Å². The van der Waals surface area contributed by atoms with E-state index in [1.54, 1.807) is 0 Å². The van der Waals surface area contributed by atoms with Gasteiger partial charge >= 0.3 is 5.97 Å². The van der Waals surface area contributed by atoms with E-state index in [-0.39, 0.29) is 23.7 Å². The summed E-state index contributed by atoms with van der Waals surface area (Å²) in [6.07, 6.45) is 0. The van der Waals surface area contributed by atoms with Gasteiger partial charge in [0, 0.05) is 16.6 Å². The molecule has 0 bridgehead atoms. The number of aromatic nitrogens is 2. The van der Waals surface area contributed by atoms with Crippen LogP contribution in [-0.4, -0.2) is 21.1 Å². The topological polar surface area (TPSA) is 108 Å². The van der Waals surface area contributed by atoms with Crippen molar-refractivity contribution in [3.05, 3.63) is 74.6 Å². The number of carbonyl (C=O) groups is 1. The van der Waals surface area contributed by atoms with Crippen molar-refractivity contribution in [1.82, 2.24) is 10.2 Å². The number of halogens is 1. The molecule has 0 aliphatic rings. The molecular formula is C16H10BrN3O5. The SMILES string of the molecule is O=C(OCc1nnc(-c2ccccc2Br)o1)c1ccc([N+](=O)[O-])cc1. The maximum Gasteiger partial charge on any atom is 0.338 e. The molecule has 0 amide bonds. The van der Waals surface area contributed by atoms with Crippen molar-refractivity contribution in [2.24, 2.45) is 0 Å². The van der Waals surface area contributed by atoms with Crippen molar-refractivity contribution in [2.45, 2.75) is 6.61 Å². The Morgan fingerprint density at radius 1 is 1.16 bits per heavy atom. The number of hydrogen-bond acceptors (Lipinski definition) is 7. The number of ether oxygens (including phenoxy) is 1. The standard InChI is InChI=1S/C16H10BrN3O5/c17-13-4-2-1-3-12(13)15-19-18-14(25-15)9-24-16(21)10-5-7-11(8-6-10)20(22)23/h1-8H,9H2. The molecule has 0 radical (unpaired) electrons. The number of non-ortho nitro benzene ring substituents is 1. The molecule has 25 heavy (non-hydrogen) atoms. The first-order chi connectivity index (χ1) is 12.0. The van der Waals surface area contributed by atoms with Gasteiger partial charge in [-0.25, -0.2) is 4.79 Å². The number of nitro groups is 1. The average Bonchev–Trinajstić information content (AvgIpc) is 3.09. The summed E-state index contributed by atoms with van der Waals surface area (Å²) in [7, 11) is 0. The van der Waals surface area contributed by atoms with E-state index in [0.717, 1.165) is 10.0 Å². The van der Waals surface area contributed by atoms with Crippen LogP contribution in [0.15, 0.2) is 57.4 Å². The van der Waals surface area contributed by atoms with Crippen molar-refractivity contribution in [3.8, 4) is 11.5 Å². The first kappa shape index (κ1) is 16.8. The van der Waals surface area contributed by atoms with Crippen molar-refractivity contribution in [2.75, 3.05) is 0 Å². The Kier molecular flexibility index (Phi) is 4.85. The first-order valence-corrected chi connectivity index (χ1v) is 7.83. The molecule has 3 aromatic rings. The van der Waals surface area contributed by atoms with E-state index >= 15 is 0 Å². The van der Waals surface area contributed by atoms with Gasteiger partial charge in [-0.15, -0.1) is 10.2 Å². The molecule has 2 aromatic carbocycles. The summed E-state index contributed by atoms with van der Waals surface area (Å²) in [5.41, 5.74) is 0.811. The van der Waals surface area contributed by atoms with Gasteiger partial charge in [-0.3, -0.25) is 10.1 Å². The van der Waals surface area contributed by atoms with Crippen LogP contribution in [0.25, 0.3) is 11.5 Å². The Bertz CT molecular complexity index is 924. The van der Waals surface area contributed by atoms with Crippen LogP contribution in [0.5, 0.6) is 0 Å². The van der Waals surface area contributed by atoms with Crippen molar-refractivity contribution < 1.29 is 18.9 Å². The second-order valence-electron chi connectivity index (χ2n) is 4.86. The highest BCUT2D eigenvalue weighted by molar-refractivity contribution is 9.10. The fourth-order valence-electron chi connectivity index (χ4n) is 1.99. The molecule has 0 aliphatic carbocycles. The predicted octanol–water partition coefficient (Wildman–Crippen LogP) is 3.76. The molecule has 0 spiro atoms. The van der Waals surface area contributed by atoms with Gasteiger partial charge in [0.05, 0.1) is 16.1 Å². The van der Waals surface area contributed by atoms with Gasteiger partial charge in [-0.05, 0) is 40.2 Å². The second kappa shape index (κ2) is 7.22. The second-order valence-corrected chi connectivity index (χ2v) is 5.72. The van der Waals surface area contributed by atoms with Crippen LogP contribution in [0, 0.1) is 10.1 Å². The minimum atomic E-state index is -0.643. The summed E-state index contributed by atoms with van der Waals surface area (Å²) in [5.74, 6) is -0.203. The van der Waals surface area contributed by atoms with Crippen molar-refractivity contribution >= 4 is 27.6 Å². The average molecular weight is 404 g/mol. The number of esters is 1. The molecular weight excluding hydrogens is 394 g/mol. The predicted molar refractivity (Wildman–Crippen MR) is 89.6 cm³/mol. The molecule has 3 rings (SSSR count). The lowest BCUT2D eigenvalue weighted by molar-refractivity contribution is -0.384. The molecule has 0 saturated heterocycles. The number of nitro benzene ring substituents is 1. The van der Waals surface area contributed by atoms with E-state index in [9.17, 15) is 14.9 Å². The summed E-state index contributed by atoms with van der Waals surface area (Å²) in [5, 5.41) is 18.3. The van der Waals surface area contributed by atoms with Crippen LogP contribution >= 0.6 is 15.9 Å². The molecule has 0 N–H and O–H groups in total. The van der Waals surface area contributed by atoms with Crippen molar-refractivity contribution in [3.63, 3.8) is 0 Å². The minimum Gasteiger partial charge on any atom is -0.452 e. The highest BCUT2D eigenvalue weighted by atomic mass is 79.9. The summed E-state index contributed by atoms with van der Waals surface area (Å²) in [6.45, 7) is -0.201.